The summed E-state index contributed by atoms with van der Waals surface area (Å²) in [5.74, 6) is 0.00991. The number of benzene rings is 1. The molecule has 1 atom stereocenters. The molecular formula is C25H24N4O2S. The minimum absolute atomic E-state index is 0.0397. The number of fused-ring (bicyclic) bond motifs is 1. The molecule has 1 aromatic carbocycles. The number of amides is 2. The molecule has 6 nitrogen and oxygen atoms in total. The van der Waals surface area contributed by atoms with Crippen molar-refractivity contribution >= 4 is 28.2 Å². The van der Waals surface area contributed by atoms with E-state index in [1.165, 1.54) is 11.3 Å². The van der Waals surface area contributed by atoms with Gasteiger partial charge in [-0.3, -0.25) is 14.6 Å². The van der Waals surface area contributed by atoms with Crippen molar-refractivity contribution in [2.24, 2.45) is 0 Å². The van der Waals surface area contributed by atoms with Gasteiger partial charge in [0.05, 0.1) is 18.5 Å². The van der Waals surface area contributed by atoms with Crippen molar-refractivity contribution in [1.82, 2.24) is 9.88 Å². The summed E-state index contributed by atoms with van der Waals surface area (Å²) >= 11 is 1.40. The predicted molar refractivity (Wildman–Crippen MR) is 124 cm³/mol. The third kappa shape index (κ3) is 4.87. The second kappa shape index (κ2) is 9.75. The first-order valence-electron chi connectivity index (χ1n) is 10.6. The molecule has 2 aromatic heterocycles. The Hall–Kier alpha value is -3.50. The summed E-state index contributed by atoms with van der Waals surface area (Å²) < 4.78 is 0. The van der Waals surface area contributed by atoms with Crippen molar-refractivity contribution in [1.29, 1.82) is 5.26 Å². The van der Waals surface area contributed by atoms with Gasteiger partial charge >= 0.3 is 0 Å². The van der Waals surface area contributed by atoms with Gasteiger partial charge in [-0.2, -0.15) is 5.26 Å². The smallest absolute Gasteiger partial charge is 0.227 e. The van der Waals surface area contributed by atoms with E-state index >= 15 is 0 Å². The van der Waals surface area contributed by atoms with E-state index < -0.39 is 0 Å². The van der Waals surface area contributed by atoms with Crippen LogP contribution in [0, 0.1) is 11.3 Å². The molecule has 0 saturated carbocycles. The van der Waals surface area contributed by atoms with Gasteiger partial charge in [0.15, 0.2) is 0 Å². The fourth-order valence-electron chi connectivity index (χ4n) is 3.97. The van der Waals surface area contributed by atoms with Crippen LogP contribution in [-0.2, 0) is 29.0 Å². The zero-order valence-corrected chi connectivity index (χ0v) is 18.7. The quantitative estimate of drug-likeness (QED) is 0.615. The lowest BCUT2D eigenvalue weighted by molar-refractivity contribution is -0.131. The molecule has 1 aliphatic rings. The Bertz CT molecular complexity index is 1150. The number of nitrogens with zero attached hydrogens (tertiary/aromatic N) is 3. The first-order valence-corrected chi connectivity index (χ1v) is 11.4. The highest BCUT2D eigenvalue weighted by Gasteiger charge is 2.27. The summed E-state index contributed by atoms with van der Waals surface area (Å²) in [5.41, 5.74) is 3.48. The summed E-state index contributed by atoms with van der Waals surface area (Å²) in [6.45, 7) is 3.05. The molecule has 0 radical (unpaired) electrons. The number of pyridine rings is 1. The molecule has 0 aliphatic carbocycles. The van der Waals surface area contributed by atoms with Crippen LogP contribution in [0.1, 0.15) is 46.4 Å². The number of aromatic nitrogens is 1. The van der Waals surface area contributed by atoms with Gasteiger partial charge in [-0.25, -0.2) is 0 Å². The van der Waals surface area contributed by atoms with Crippen molar-refractivity contribution in [2.45, 2.75) is 38.6 Å². The highest BCUT2D eigenvalue weighted by atomic mass is 32.1. The Balaban J connectivity index is 1.43. The third-order valence-electron chi connectivity index (χ3n) is 5.71. The lowest BCUT2D eigenvalue weighted by atomic mass is 9.97. The van der Waals surface area contributed by atoms with Crippen LogP contribution in [0.3, 0.4) is 0 Å². The Kier molecular flexibility index (Phi) is 6.62. The monoisotopic (exact) mass is 444 g/mol. The fraction of sp³-hybridized carbons (Fsp3) is 0.280. The van der Waals surface area contributed by atoms with E-state index in [1.54, 1.807) is 12.4 Å². The van der Waals surface area contributed by atoms with Crippen LogP contribution in [0.25, 0.3) is 0 Å². The molecule has 0 saturated heterocycles. The van der Waals surface area contributed by atoms with Crippen LogP contribution in [0.15, 0.2) is 54.9 Å². The van der Waals surface area contributed by atoms with Crippen LogP contribution in [0.5, 0.6) is 0 Å². The summed E-state index contributed by atoms with van der Waals surface area (Å²) in [4.78, 5) is 32.3. The number of anilines is 1. The predicted octanol–water partition coefficient (Wildman–Crippen LogP) is 4.27. The molecular weight excluding hydrogens is 420 g/mol. The first-order chi connectivity index (χ1) is 15.5. The number of rotatable bonds is 6. The Labute approximate surface area is 191 Å². The average molecular weight is 445 g/mol. The van der Waals surface area contributed by atoms with Crippen LogP contribution in [0.4, 0.5) is 5.00 Å². The molecule has 7 heteroatoms. The number of nitrogens with one attached hydrogen (secondary N) is 1. The highest BCUT2D eigenvalue weighted by molar-refractivity contribution is 7.16. The molecule has 162 valence electrons. The first kappa shape index (κ1) is 21.7. The molecule has 4 rings (SSSR count). The van der Waals surface area contributed by atoms with Crippen LogP contribution >= 0.6 is 11.3 Å². The summed E-state index contributed by atoms with van der Waals surface area (Å²) in [5, 5.41) is 13.3. The van der Waals surface area contributed by atoms with Gasteiger partial charge in [0.1, 0.15) is 11.1 Å². The van der Waals surface area contributed by atoms with E-state index in [1.807, 2.05) is 54.3 Å². The molecule has 3 heterocycles. The van der Waals surface area contributed by atoms with Gasteiger partial charge in [0.2, 0.25) is 11.8 Å². The van der Waals surface area contributed by atoms with Gasteiger partial charge < -0.3 is 10.2 Å². The number of thiophene rings is 1. The maximum atomic E-state index is 12.7. The summed E-state index contributed by atoms with van der Waals surface area (Å²) in [7, 11) is 0. The minimum atomic E-state index is -0.110. The second-order valence-corrected chi connectivity index (χ2v) is 9.09. The summed E-state index contributed by atoms with van der Waals surface area (Å²) in [6.07, 6.45) is 4.65. The van der Waals surface area contributed by atoms with Crippen LogP contribution < -0.4 is 5.32 Å². The normalized spacial score (nSPS) is 13.7. The van der Waals surface area contributed by atoms with Crippen LogP contribution in [-0.4, -0.2) is 28.2 Å². The maximum Gasteiger partial charge on any atom is 0.227 e. The lowest BCUT2D eigenvalue weighted by Crippen LogP contribution is -2.36. The lowest BCUT2D eigenvalue weighted by Gasteiger charge is -2.27. The molecule has 2 amide bonds. The molecule has 3 aromatic rings. The fourth-order valence-corrected chi connectivity index (χ4v) is 5.20. The second-order valence-electron chi connectivity index (χ2n) is 7.99. The van der Waals surface area contributed by atoms with E-state index in [2.05, 4.69) is 16.4 Å². The highest BCUT2D eigenvalue weighted by Crippen LogP contribution is 2.37. The van der Waals surface area contributed by atoms with E-state index in [0.717, 1.165) is 21.6 Å². The molecule has 32 heavy (non-hydrogen) atoms. The van der Waals surface area contributed by atoms with E-state index in [9.17, 15) is 14.9 Å². The van der Waals surface area contributed by atoms with Gasteiger partial charge in [-0.15, -0.1) is 11.3 Å². The number of hydrogen-bond donors (Lipinski definition) is 1. The molecule has 0 fully saturated rings. The molecule has 0 spiro atoms. The van der Waals surface area contributed by atoms with E-state index in [4.69, 9.17) is 0 Å². The molecule has 0 bridgehead atoms. The van der Waals surface area contributed by atoms with E-state index in [-0.39, 0.29) is 17.7 Å². The average Bonchev–Trinajstić information content (AvgIpc) is 3.16. The van der Waals surface area contributed by atoms with Gasteiger partial charge in [0.25, 0.3) is 0 Å². The summed E-state index contributed by atoms with van der Waals surface area (Å²) in [6, 6.07) is 15.9. The number of carbonyl (C=O) groups excluding carboxylic acids is 2. The molecule has 1 aliphatic heterocycles. The number of nitriles is 1. The van der Waals surface area contributed by atoms with Gasteiger partial charge in [-0.1, -0.05) is 43.3 Å². The van der Waals surface area contributed by atoms with Gasteiger partial charge in [-0.05, 0) is 35.1 Å². The standard InChI is InChI=1S/C25H24N4O2S/c1-17(19-7-3-2-4-8-19)12-23(30)28-25-21(14-26)20-9-11-29(16-22(20)32-25)24(31)13-18-6-5-10-27-15-18/h2-8,10,15,17H,9,11-13,16H2,1H3,(H,28,30)/t17-/m0/s1. The Morgan fingerprint density at radius 1 is 1.25 bits per heavy atom. The minimum Gasteiger partial charge on any atom is -0.337 e. The van der Waals surface area contributed by atoms with Crippen molar-refractivity contribution < 1.29 is 9.59 Å². The Morgan fingerprint density at radius 3 is 2.78 bits per heavy atom. The topological polar surface area (TPSA) is 86.1 Å². The maximum absolute atomic E-state index is 12.7. The van der Waals surface area contributed by atoms with E-state index in [0.29, 0.717) is 42.9 Å². The zero-order chi connectivity index (χ0) is 22.5. The number of hydrogen-bond acceptors (Lipinski definition) is 5. The van der Waals surface area contributed by atoms with Crippen LogP contribution in [0.2, 0.25) is 0 Å². The zero-order valence-electron chi connectivity index (χ0n) is 17.9. The van der Waals surface area contributed by atoms with Crippen molar-refractivity contribution in [3.63, 3.8) is 0 Å². The third-order valence-corrected chi connectivity index (χ3v) is 6.84. The SMILES string of the molecule is C[C@@H](CC(=O)Nc1sc2c(c1C#N)CCN(C(=O)Cc1cccnc1)C2)c1ccccc1. The molecule has 0 unspecified atom stereocenters. The van der Waals surface area contributed by atoms with Crippen molar-refractivity contribution in [3.8, 4) is 6.07 Å². The largest absolute Gasteiger partial charge is 0.337 e. The number of carbonyl (C=O) groups is 2. The van der Waals surface area contributed by atoms with Gasteiger partial charge in [0, 0.05) is 30.2 Å². The Morgan fingerprint density at radius 2 is 2.06 bits per heavy atom. The van der Waals surface area contributed by atoms with Crippen molar-refractivity contribution in [2.75, 3.05) is 11.9 Å². The van der Waals surface area contributed by atoms with Crippen molar-refractivity contribution in [3.05, 3.63) is 82.0 Å². The molecule has 1 N–H and O–H groups in total.